The normalized spacial score (nSPS) is 20.2. The van der Waals surface area contributed by atoms with E-state index in [0.717, 1.165) is 13.1 Å². The number of nitrogens with zero attached hydrogens (tertiary/aromatic N) is 1. The summed E-state index contributed by atoms with van der Waals surface area (Å²) in [5.41, 5.74) is 1.40. The SMILES string of the molecule is CC(C)=CCN1CCC(NCC(C)CO)CC1. The van der Waals surface area contributed by atoms with Crippen LogP contribution in [0.3, 0.4) is 0 Å². The monoisotopic (exact) mass is 240 g/mol. The first-order chi connectivity index (χ1) is 8.11. The van der Waals surface area contributed by atoms with E-state index in [2.05, 4.69) is 37.1 Å². The van der Waals surface area contributed by atoms with Crippen molar-refractivity contribution in [1.82, 2.24) is 10.2 Å². The summed E-state index contributed by atoms with van der Waals surface area (Å²) in [5.74, 6) is 0.374. The number of aliphatic hydroxyl groups is 1. The maximum absolute atomic E-state index is 8.97. The molecule has 3 heteroatoms. The fraction of sp³-hybridized carbons (Fsp3) is 0.857. The number of nitrogens with one attached hydrogen (secondary N) is 1. The molecule has 1 fully saturated rings. The molecule has 3 nitrogen and oxygen atoms in total. The van der Waals surface area contributed by atoms with Gasteiger partial charge in [0.1, 0.15) is 0 Å². The van der Waals surface area contributed by atoms with Gasteiger partial charge in [-0.05, 0) is 45.7 Å². The van der Waals surface area contributed by atoms with Crippen LogP contribution in [0.25, 0.3) is 0 Å². The number of aliphatic hydroxyl groups excluding tert-OH is 1. The quantitative estimate of drug-likeness (QED) is 0.693. The van der Waals surface area contributed by atoms with Crippen LogP contribution < -0.4 is 5.32 Å². The predicted molar refractivity (Wildman–Crippen MR) is 73.1 cm³/mol. The van der Waals surface area contributed by atoms with Crippen molar-refractivity contribution in [2.75, 3.05) is 32.8 Å². The molecule has 1 rings (SSSR count). The van der Waals surface area contributed by atoms with Gasteiger partial charge in [-0.3, -0.25) is 4.90 Å². The summed E-state index contributed by atoms with van der Waals surface area (Å²) < 4.78 is 0. The van der Waals surface area contributed by atoms with Crippen molar-refractivity contribution < 1.29 is 5.11 Å². The minimum Gasteiger partial charge on any atom is -0.396 e. The van der Waals surface area contributed by atoms with E-state index in [1.54, 1.807) is 0 Å². The molecule has 0 bridgehead atoms. The van der Waals surface area contributed by atoms with Gasteiger partial charge < -0.3 is 10.4 Å². The molecular weight excluding hydrogens is 212 g/mol. The van der Waals surface area contributed by atoms with E-state index >= 15 is 0 Å². The second-order valence-corrected chi connectivity index (χ2v) is 5.55. The average molecular weight is 240 g/mol. The van der Waals surface area contributed by atoms with Crippen LogP contribution in [0.2, 0.25) is 0 Å². The molecule has 0 aromatic rings. The number of hydrogen-bond acceptors (Lipinski definition) is 3. The largest absolute Gasteiger partial charge is 0.396 e. The van der Waals surface area contributed by atoms with E-state index in [1.807, 2.05) is 0 Å². The van der Waals surface area contributed by atoms with Crippen molar-refractivity contribution in [2.24, 2.45) is 5.92 Å². The molecule has 100 valence electrons. The van der Waals surface area contributed by atoms with E-state index in [-0.39, 0.29) is 6.61 Å². The zero-order valence-electron chi connectivity index (χ0n) is 11.6. The Morgan fingerprint density at radius 2 is 2.06 bits per heavy atom. The molecule has 0 saturated carbocycles. The molecular formula is C14H28N2O. The van der Waals surface area contributed by atoms with Gasteiger partial charge in [-0.1, -0.05) is 18.6 Å². The molecule has 17 heavy (non-hydrogen) atoms. The Bertz CT molecular complexity index is 228. The molecule has 1 saturated heterocycles. The van der Waals surface area contributed by atoms with Crippen LogP contribution in [0.15, 0.2) is 11.6 Å². The smallest absolute Gasteiger partial charge is 0.0468 e. The standard InChI is InChI=1S/C14H28N2O/c1-12(2)4-7-16-8-5-14(6-9-16)15-10-13(3)11-17/h4,13-15,17H,5-11H2,1-3H3. The second-order valence-electron chi connectivity index (χ2n) is 5.55. The molecule has 0 spiro atoms. The fourth-order valence-electron chi connectivity index (χ4n) is 2.06. The van der Waals surface area contributed by atoms with E-state index in [1.165, 1.54) is 31.5 Å². The first-order valence-corrected chi connectivity index (χ1v) is 6.81. The molecule has 1 aliphatic heterocycles. The van der Waals surface area contributed by atoms with Crippen LogP contribution in [0.1, 0.15) is 33.6 Å². The predicted octanol–water partition coefficient (Wildman–Crippen LogP) is 1.63. The minimum absolute atomic E-state index is 0.284. The van der Waals surface area contributed by atoms with Crippen LogP contribution in [0.4, 0.5) is 0 Å². The van der Waals surface area contributed by atoms with Gasteiger partial charge in [0.2, 0.25) is 0 Å². The topological polar surface area (TPSA) is 35.5 Å². The summed E-state index contributed by atoms with van der Waals surface area (Å²) in [7, 11) is 0. The summed E-state index contributed by atoms with van der Waals surface area (Å²) in [4.78, 5) is 2.51. The molecule has 0 radical (unpaired) electrons. The van der Waals surface area contributed by atoms with Gasteiger partial charge in [0.25, 0.3) is 0 Å². The van der Waals surface area contributed by atoms with Crippen molar-refractivity contribution in [3.8, 4) is 0 Å². The van der Waals surface area contributed by atoms with Crippen molar-refractivity contribution >= 4 is 0 Å². The lowest BCUT2D eigenvalue weighted by Gasteiger charge is -2.32. The highest BCUT2D eigenvalue weighted by molar-refractivity contribution is 4.95. The van der Waals surface area contributed by atoms with Gasteiger partial charge in [-0.2, -0.15) is 0 Å². The molecule has 1 heterocycles. The van der Waals surface area contributed by atoms with Crippen LogP contribution in [-0.2, 0) is 0 Å². The highest BCUT2D eigenvalue weighted by atomic mass is 16.3. The zero-order chi connectivity index (χ0) is 12.7. The lowest BCUT2D eigenvalue weighted by molar-refractivity contribution is 0.196. The lowest BCUT2D eigenvalue weighted by atomic mass is 10.0. The number of likely N-dealkylation sites (tertiary alicyclic amines) is 1. The Kier molecular flexibility index (Phi) is 6.78. The van der Waals surface area contributed by atoms with E-state index in [4.69, 9.17) is 5.11 Å². The second kappa shape index (κ2) is 7.85. The molecule has 1 unspecified atom stereocenters. The van der Waals surface area contributed by atoms with Gasteiger partial charge in [0.15, 0.2) is 0 Å². The van der Waals surface area contributed by atoms with Gasteiger partial charge in [0.05, 0.1) is 0 Å². The van der Waals surface area contributed by atoms with Gasteiger partial charge in [-0.15, -0.1) is 0 Å². The molecule has 0 aliphatic carbocycles. The van der Waals surface area contributed by atoms with Gasteiger partial charge in [-0.25, -0.2) is 0 Å². The first-order valence-electron chi connectivity index (χ1n) is 6.81. The van der Waals surface area contributed by atoms with Crippen molar-refractivity contribution in [1.29, 1.82) is 0 Å². The van der Waals surface area contributed by atoms with Crippen molar-refractivity contribution in [3.63, 3.8) is 0 Å². The molecule has 2 N–H and O–H groups in total. The summed E-state index contributed by atoms with van der Waals surface area (Å²) in [6, 6.07) is 0.645. The Morgan fingerprint density at radius 3 is 2.59 bits per heavy atom. The van der Waals surface area contributed by atoms with Gasteiger partial charge in [0, 0.05) is 25.7 Å². The Labute approximate surface area is 106 Å². The first kappa shape index (κ1) is 14.7. The highest BCUT2D eigenvalue weighted by Gasteiger charge is 2.18. The van der Waals surface area contributed by atoms with Crippen LogP contribution in [0.5, 0.6) is 0 Å². The highest BCUT2D eigenvalue weighted by Crippen LogP contribution is 2.10. The van der Waals surface area contributed by atoms with E-state index in [9.17, 15) is 0 Å². The third-order valence-electron chi connectivity index (χ3n) is 3.41. The van der Waals surface area contributed by atoms with E-state index in [0.29, 0.717) is 12.0 Å². The third kappa shape index (κ3) is 6.20. The lowest BCUT2D eigenvalue weighted by Crippen LogP contribution is -2.43. The average Bonchev–Trinajstić information content (AvgIpc) is 2.34. The molecule has 0 amide bonds. The summed E-state index contributed by atoms with van der Waals surface area (Å²) in [6.45, 7) is 11.1. The molecule has 0 aromatic carbocycles. The molecule has 0 aromatic heterocycles. The maximum atomic E-state index is 8.97. The molecule has 1 atom stereocenters. The zero-order valence-corrected chi connectivity index (χ0v) is 11.6. The maximum Gasteiger partial charge on any atom is 0.0468 e. The fourth-order valence-corrected chi connectivity index (χ4v) is 2.06. The minimum atomic E-state index is 0.284. The number of hydrogen-bond donors (Lipinski definition) is 2. The van der Waals surface area contributed by atoms with Crippen LogP contribution in [-0.4, -0.2) is 48.8 Å². The van der Waals surface area contributed by atoms with Crippen LogP contribution in [0, 0.1) is 5.92 Å². The summed E-state index contributed by atoms with van der Waals surface area (Å²) in [5, 5.41) is 12.5. The summed E-state index contributed by atoms with van der Waals surface area (Å²) >= 11 is 0. The van der Waals surface area contributed by atoms with Crippen molar-refractivity contribution in [2.45, 2.75) is 39.7 Å². The number of rotatable bonds is 6. The Morgan fingerprint density at radius 1 is 1.41 bits per heavy atom. The number of piperidine rings is 1. The van der Waals surface area contributed by atoms with Crippen LogP contribution >= 0.6 is 0 Å². The van der Waals surface area contributed by atoms with Crippen molar-refractivity contribution in [3.05, 3.63) is 11.6 Å². The number of allylic oxidation sites excluding steroid dienone is 1. The Hall–Kier alpha value is -0.380. The summed E-state index contributed by atoms with van der Waals surface area (Å²) in [6.07, 6.45) is 4.77. The molecule has 1 aliphatic rings. The Balaban J connectivity index is 2.15. The van der Waals surface area contributed by atoms with Gasteiger partial charge >= 0.3 is 0 Å². The third-order valence-corrected chi connectivity index (χ3v) is 3.41. The van der Waals surface area contributed by atoms with E-state index < -0.39 is 0 Å².